The second-order valence-corrected chi connectivity index (χ2v) is 10.8. The smallest absolute Gasteiger partial charge is 0.217 e. The number of aryl methyl sites for hydroxylation is 4. The number of hydrogen-bond donors (Lipinski definition) is 0. The molecule has 40 heavy (non-hydrogen) atoms. The minimum absolute atomic E-state index is 0.117. The fraction of sp³-hybridized carbons (Fsp3) is 0.361. The van der Waals surface area contributed by atoms with Crippen molar-refractivity contribution in [3.63, 3.8) is 0 Å². The Morgan fingerprint density at radius 2 is 1.55 bits per heavy atom. The third-order valence-corrected chi connectivity index (χ3v) is 7.52. The molecule has 5 rings (SSSR count). The van der Waals surface area contributed by atoms with Crippen molar-refractivity contribution in [1.82, 2.24) is 4.98 Å². The van der Waals surface area contributed by atoms with Gasteiger partial charge in [0.05, 0.1) is 11.8 Å². The molecular weight excluding hydrogens is 494 g/mol. The highest BCUT2D eigenvalue weighted by molar-refractivity contribution is 5.74. The molecule has 0 spiro atoms. The van der Waals surface area contributed by atoms with Crippen molar-refractivity contribution in [2.45, 2.75) is 71.5 Å². The van der Waals surface area contributed by atoms with Crippen LogP contribution in [0.2, 0.25) is 0 Å². The van der Waals surface area contributed by atoms with E-state index in [1.165, 1.54) is 23.1 Å². The second-order valence-electron chi connectivity index (χ2n) is 10.8. The summed E-state index contributed by atoms with van der Waals surface area (Å²) in [5.41, 5.74) is 8.19. The summed E-state index contributed by atoms with van der Waals surface area (Å²) in [5.74, 6) is 1.40. The summed E-state index contributed by atoms with van der Waals surface area (Å²) < 4.78 is 18.7. The number of benzene rings is 3. The van der Waals surface area contributed by atoms with E-state index in [9.17, 15) is 0 Å². The largest absolute Gasteiger partial charge is 0.488 e. The van der Waals surface area contributed by atoms with Crippen LogP contribution in [0.1, 0.15) is 60.6 Å². The van der Waals surface area contributed by atoms with Gasteiger partial charge in [-0.2, -0.15) is 0 Å². The lowest BCUT2D eigenvalue weighted by Gasteiger charge is -2.23. The first-order valence-corrected chi connectivity index (χ1v) is 14.8. The molecule has 1 fully saturated rings. The average Bonchev–Trinajstić information content (AvgIpc) is 3.00. The van der Waals surface area contributed by atoms with Gasteiger partial charge < -0.3 is 14.2 Å². The molecule has 0 N–H and O–H groups in total. The monoisotopic (exact) mass is 535 g/mol. The van der Waals surface area contributed by atoms with Gasteiger partial charge in [0.25, 0.3) is 0 Å². The van der Waals surface area contributed by atoms with Crippen LogP contribution < -0.4 is 9.47 Å². The molecule has 4 heteroatoms. The van der Waals surface area contributed by atoms with Crippen LogP contribution >= 0.6 is 0 Å². The molecule has 208 valence electrons. The lowest BCUT2D eigenvalue weighted by atomic mass is 9.97. The Hall–Kier alpha value is -3.63. The van der Waals surface area contributed by atoms with Gasteiger partial charge in [-0.1, -0.05) is 97.8 Å². The van der Waals surface area contributed by atoms with Crippen LogP contribution in [0, 0.1) is 6.92 Å². The summed E-state index contributed by atoms with van der Waals surface area (Å²) in [5, 5.41) is 0. The Kier molecular flexibility index (Phi) is 9.87. The number of rotatable bonds is 12. The number of aromatic nitrogens is 1. The molecule has 3 aromatic carbocycles. The molecule has 2 heterocycles. The Morgan fingerprint density at radius 3 is 2.25 bits per heavy atom. The number of ether oxygens (including phenoxy) is 3. The van der Waals surface area contributed by atoms with E-state index in [4.69, 9.17) is 19.2 Å². The molecule has 1 saturated heterocycles. The molecule has 1 aliphatic rings. The number of nitrogens with zero attached hydrogens (tertiary/aromatic N) is 1. The van der Waals surface area contributed by atoms with E-state index in [-0.39, 0.29) is 6.10 Å². The molecule has 4 aromatic rings. The molecule has 1 unspecified atom stereocenters. The van der Waals surface area contributed by atoms with Gasteiger partial charge >= 0.3 is 0 Å². The van der Waals surface area contributed by atoms with E-state index in [1.54, 1.807) is 0 Å². The normalized spacial score (nSPS) is 15.1. The summed E-state index contributed by atoms with van der Waals surface area (Å²) in [6.45, 7) is 6.13. The van der Waals surface area contributed by atoms with E-state index >= 15 is 0 Å². The Bertz CT molecular complexity index is 1330. The third kappa shape index (κ3) is 7.73. The van der Waals surface area contributed by atoms with Gasteiger partial charge in [0.2, 0.25) is 5.88 Å². The predicted octanol–water partition coefficient (Wildman–Crippen LogP) is 8.32. The predicted molar refractivity (Wildman–Crippen MR) is 162 cm³/mol. The van der Waals surface area contributed by atoms with E-state index in [1.807, 2.05) is 24.3 Å². The zero-order valence-electron chi connectivity index (χ0n) is 23.9. The van der Waals surface area contributed by atoms with E-state index in [2.05, 4.69) is 74.5 Å². The highest BCUT2D eigenvalue weighted by Crippen LogP contribution is 2.37. The molecule has 0 amide bonds. The molecule has 1 atom stereocenters. The first-order chi connectivity index (χ1) is 19.7. The minimum atomic E-state index is 0.117. The van der Waals surface area contributed by atoms with Crippen molar-refractivity contribution in [1.29, 1.82) is 0 Å². The van der Waals surface area contributed by atoms with Crippen LogP contribution in [0.4, 0.5) is 0 Å². The van der Waals surface area contributed by atoms with Crippen molar-refractivity contribution >= 4 is 0 Å². The van der Waals surface area contributed by atoms with Gasteiger partial charge in [0, 0.05) is 18.2 Å². The molecule has 0 radical (unpaired) electrons. The topological polar surface area (TPSA) is 40.6 Å². The van der Waals surface area contributed by atoms with Crippen LogP contribution in [0.25, 0.3) is 11.1 Å². The highest BCUT2D eigenvalue weighted by Gasteiger charge is 2.20. The Morgan fingerprint density at radius 1 is 0.800 bits per heavy atom. The van der Waals surface area contributed by atoms with E-state index in [0.29, 0.717) is 19.1 Å². The molecule has 1 aliphatic heterocycles. The first-order valence-electron chi connectivity index (χ1n) is 14.8. The van der Waals surface area contributed by atoms with Crippen LogP contribution in [-0.2, 0) is 30.6 Å². The van der Waals surface area contributed by atoms with Gasteiger partial charge in [-0.05, 0) is 67.7 Å². The third-order valence-electron chi connectivity index (χ3n) is 7.52. The Balaban J connectivity index is 1.47. The average molecular weight is 536 g/mol. The lowest BCUT2D eigenvalue weighted by Crippen LogP contribution is -2.26. The minimum Gasteiger partial charge on any atom is -0.488 e. The standard InChI is InChI=1S/C36H41NO3/c1-3-9-28-15-17-29(18-16-28)19-22-33-36(31-20-13-27(2)14-21-31)34(39-25-30-10-5-4-6-11-30)24-35(37-33)40-26-32-12-7-8-23-38-32/h4-6,10-11,13-18,20-21,24,32H,3,7-9,12,19,22-23,25-26H2,1-2H3. The van der Waals surface area contributed by atoms with Crippen molar-refractivity contribution in [3.05, 3.63) is 113 Å². The zero-order valence-corrected chi connectivity index (χ0v) is 23.9. The summed E-state index contributed by atoms with van der Waals surface area (Å²) in [6.07, 6.45) is 7.41. The molecule has 0 aliphatic carbocycles. The van der Waals surface area contributed by atoms with Crippen molar-refractivity contribution < 1.29 is 14.2 Å². The maximum Gasteiger partial charge on any atom is 0.217 e. The fourth-order valence-electron chi connectivity index (χ4n) is 5.22. The van der Waals surface area contributed by atoms with E-state index in [0.717, 1.165) is 73.3 Å². The summed E-state index contributed by atoms with van der Waals surface area (Å²) >= 11 is 0. The van der Waals surface area contributed by atoms with Gasteiger partial charge in [0.15, 0.2) is 0 Å². The molecule has 0 saturated carbocycles. The van der Waals surface area contributed by atoms with Crippen LogP contribution in [0.15, 0.2) is 84.9 Å². The van der Waals surface area contributed by atoms with Crippen LogP contribution in [0.3, 0.4) is 0 Å². The van der Waals surface area contributed by atoms with Crippen molar-refractivity contribution in [2.75, 3.05) is 13.2 Å². The second kappa shape index (κ2) is 14.1. The fourth-order valence-corrected chi connectivity index (χ4v) is 5.22. The number of hydrogen-bond acceptors (Lipinski definition) is 4. The maximum absolute atomic E-state index is 6.52. The molecule has 1 aromatic heterocycles. The highest BCUT2D eigenvalue weighted by atomic mass is 16.5. The van der Waals surface area contributed by atoms with Gasteiger partial charge in [0.1, 0.15) is 19.0 Å². The van der Waals surface area contributed by atoms with Crippen molar-refractivity contribution in [3.8, 4) is 22.8 Å². The zero-order chi connectivity index (χ0) is 27.6. The lowest BCUT2D eigenvalue weighted by molar-refractivity contribution is -0.0120. The van der Waals surface area contributed by atoms with E-state index < -0.39 is 0 Å². The van der Waals surface area contributed by atoms with Gasteiger partial charge in [-0.15, -0.1) is 0 Å². The molecule has 0 bridgehead atoms. The van der Waals surface area contributed by atoms with Gasteiger partial charge in [-0.3, -0.25) is 0 Å². The van der Waals surface area contributed by atoms with Crippen molar-refractivity contribution in [2.24, 2.45) is 0 Å². The SMILES string of the molecule is CCCc1ccc(CCc2nc(OCC3CCCCO3)cc(OCc3ccccc3)c2-c2ccc(C)cc2)cc1. The summed E-state index contributed by atoms with van der Waals surface area (Å²) in [7, 11) is 0. The molecule has 4 nitrogen and oxygen atoms in total. The summed E-state index contributed by atoms with van der Waals surface area (Å²) in [6, 6.07) is 29.9. The van der Waals surface area contributed by atoms with Crippen LogP contribution in [0.5, 0.6) is 11.6 Å². The van der Waals surface area contributed by atoms with Gasteiger partial charge in [-0.25, -0.2) is 4.98 Å². The molecular formula is C36H41NO3. The number of pyridine rings is 1. The Labute approximate surface area is 239 Å². The summed E-state index contributed by atoms with van der Waals surface area (Å²) in [4.78, 5) is 5.08. The first kappa shape index (κ1) is 27.9. The maximum atomic E-state index is 6.52. The quantitative estimate of drug-likeness (QED) is 0.183. The van der Waals surface area contributed by atoms with Crippen LogP contribution in [-0.4, -0.2) is 24.3 Å².